The number of benzene rings is 1. The highest BCUT2D eigenvalue weighted by atomic mass is 19.1. The monoisotopic (exact) mass is 281 g/mol. The smallest absolute Gasteiger partial charge is 0.331 e. The predicted octanol–water partition coefficient (Wildman–Crippen LogP) is 1.51. The maximum absolute atomic E-state index is 13.8. The number of anilines is 1. The van der Waals surface area contributed by atoms with Gasteiger partial charge in [0.05, 0.1) is 12.7 Å². The summed E-state index contributed by atoms with van der Waals surface area (Å²) in [6, 6.07) is 3.95. The van der Waals surface area contributed by atoms with Crippen molar-refractivity contribution in [3.63, 3.8) is 0 Å². The van der Waals surface area contributed by atoms with E-state index in [1.165, 1.54) is 19.2 Å². The summed E-state index contributed by atoms with van der Waals surface area (Å²) in [5.74, 6) is -1.78. The van der Waals surface area contributed by atoms with Crippen LogP contribution in [0.2, 0.25) is 0 Å². The summed E-state index contributed by atoms with van der Waals surface area (Å²) in [6.07, 6.45) is 2.14. The average Bonchev–Trinajstić information content (AvgIpc) is 2.41. The molecule has 0 atom stereocenters. The second-order valence-electron chi connectivity index (χ2n) is 4.83. The highest BCUT2D eigenvalue weighted by Crippen LogP contribution is 2.36. The Balaban J connectivity index is 2.20. The van der Waals surface area contributed by atoms with Gasteiger partial charge in [-0.2, -0.15) is 0 Å². The zero-order valence-electron chi connectivity index (χ0n) is 11.1. The first-order valence-corrected chi connectivity index (χ1v) is 6.32. The third-order valence-electron chi connectivity index (χ3n) is 3.58. The zero-order valence-corrected chi connectivity index (χ0v) is 11.1. The lowest BCUT2D eigenvalue weighted by molar-refractivity contribution is -0.149. The number of hydrogen-bond acceptors (Lipinski definition) is 5. The number of aliphatic hydroxyl groups excluding tert-OH is 1. The van der Waals surface area contributed by atoms with Crippen molar-refractivity contribution in [1.29, 1.82) is 0 Å². The van der Waals surface area contributed by atoms with Crippen LogP contribution in [0.3, 0.4) is 0 Å². The largest absolute Gasteiger partial charge is 0.467 e. The molecule has 0 saturated heterocycles. The summed E-state index contributed by atoms with van der Waals surface area (Å²) in [7, 11) is 1.31. The molecule has 1 saturated carbocycles. The minimum atomic E-state index is -0.802. The molecule has 0 aromatic heterocycles. The van der Waals surface area contributed by atoms with Gasteiger partial charge in [-0.15, -0.1) is 0 Å². The SMILES string of the molecule is COC(=O)C1(Nc2ccc(C(=O)CO)c(F)c2)CCC1. The highest BCUT2D eigenvalue weighted by molar-refractivity contribution is 5.97. The van der Waals surface area contributed by atoms with Gasteiger partial charge >= 0.3 is 5.97 Å². The number of ether oxygens (including phenoxy) is 1. The normalized spacial score (nSPS) is 16.1. The Labute approximate surface area is 115 Å². The summed E-state index contributed by atoms with van der Waals surface area (Å²) in [4.78, 5) is 23.0. The summed E-state index contributed by atoms with van der Waals surface area (Å²) < 4.78 is 18.5. The minimum Gasteiger partial charge on any atom is -0.467 e. The van der Waals surface area contributed by atoms with Gasteiger partial charge in [0.2, 0.25) is 0 Å². The van der Waals surface area contributed by atoms with E-state index in [0.717, 1.165) is 12.5 Å². The van der Waals surface area contributed by atoms with Crippen molar-refractivity contribution in [3.8, 4) is 0 Å². The molecule has 2 N–H and O–H groups in total. The number of hydrogen-bond donors (Lipinski definition) is 2. The number of halogens is 1. The number of carbonyl (C=O) groups is 2. The van der Waals surface area contributed by atoms with Gasteiger partial charge in [0.25, 0.3) is 0 Å². The van der Waals surface area contributed by atoms with Gasteiger partial charge in [0, 0.05) is 5.69 Å². The van der Waals surface area contributed by atoms with E-state index < -0.39 is 23.7 Å². The summed E-state index contributed by atoms with van der Waals surface area (Å²) >= 11 is 0. The predicted molar refractivity (Wildman–Crippen MR) is 70.0 cm³/mol. The molecule has 0 unspecified atom stereocenters. The number of carbonyl (C=O) groups excluding carboxylic acids is 2. The number of rotatable bonds is 5. The molecule has 1 aromatic carbocycles. The van der Waals surface area contributed by atoms with Crippen molar-refractivity contribution in [2.45, 2.75) is 24.8 Å². The molecule has 6 heteroatoms. The van der Waals surface area contributed by atoms with Crippen LogP contribution in [0.15, 0.2) is 18.2 Å². The molecule has 2 rings (SSSR count). The fourth-order valence-corrected chi connectivity index (χ4v) is 2.29. The highest BCUT2D eigenvalue weighted by Gasteiger charge is 2.45. The van der Waals surface area contributed by atoms with Crippen LogP contribution in [0.1, 0.15) is 29.6 Å². The fraction of sp³-hybridized carbons (Fsp3) is 0.429. The Hall–Kier alpha value is -1.95. The van der Waals surface area contributed by atoms with Gasteiger partial charge < -0.3 is 15.2 Å². The first kappa shape index (κ1) is 14.5. The number of methoxy groups -OCH3 is 1. The molecule has 1 aromatic rings. The quantitative estimate of drug-likeness (QED) is 0.632. The van der Waals surface area contributed by atoms with E-state index in [1.807, 2.05) is 0 Å². The van der Waals surface area contributed by atoms with E-state index in [-0.39, 0.29) is 11.5 Å². The zero-order chi connectivity index (χ0) is 14.8. The molecule has 0 spiro atoms. The Kier molecular flexibility index (Phi) is 4.04. The molecule has 108 valence electrons. The van der Waals surface area contributed by atoms with E-state index in [2.05, 4.69) is 5.32 Å². The van der Waals surface area contributed by atoms with Crippen molar-refractivity contribution < 1.29 is 23.8 Å². The van der Waals surface area contributed by atoms with Crippen LogP contribution >= 0.6 is 0 Å². The van der Waals surface area contributed by atoms with Crippen molar-refractivity contribution >= 4 is 17.4 Å². The van der Waals surface area contributed by atoms with Crippen LogP contribution in [0.5, 0.6) is 0 Å². The Morgan fingerprint density at radius 3 is 2.60 bits per heavy atom. The number of Topliss-reactive ketones (excluding diaryl/α,β-unsaturated/α-hetero) is 1. The van der Waals surface area contributed by atoms with Gasteiger partial charge in [0.15, 0.2) is 5.78 Å². The molecule has 0 amide bonds. The molecule has 1 aliphatic rings. The van der Waals surface area contributed by atoms with E-state index in [9.17, 15) is 14.0 Å². The maximum Gasteiger partial charge on any atom is 0.331 e. The Morgan fingerprint density at radius 1 is 1.45 bits per heavy atom. The number of aliphatic hydroxyl groups is 1. The topological polar surface area (TPSA) is 75.6 Å². The van der Waals surface area contributed by atoms with Crippen LogP contribution in [-0.2, 0) is 9.53 Å². The van der Waals surface area contributed by atoms with Crippen LogP contribution in [-0.4, -0.2) is 36.1 Å². The van der Waals surface area contributed by atoms with Crippen molar-refractivity contribution in [3.05, 3.63) is 29.6 Å². The van der Waals surface area contributed by atoms with E-state index >= 15 is 0 Å². The lowest BCUT2D eigenvalue weighted by atomic mass is 9.76. The number of ketones is 1. The molecule has 20 heavy (non-hydrogen) atoms. The molecule has 1 aliphatic carbocycles. The summed E-state index contributed by atoms with van der Waals surface area (Å²) in [6.45, 7) is -0.740. The average molecular weight is 281 g/mol. The summed E-state index contributed by atoms with van der Waals surface area (Å²) in [5, 5.41) is 11.7. The van der Waals surface area contributed by atoms with Crippen LogP contribution in [0.4, 0.5) is 10.1 Å². The maximum atomic E-state index is 13.8. The van der Waals surface area contributed by atoms with Gasteiger partial charge in [0.1, 0.15) is 18.0 Å². The molecule has 0 aliphatic heterocycles. The molecule has 0 bridgehead atoms. The van der Waals surface area contributed by atoms with Crippen LogP contribution in [0, 0.1) is 5.82 Å². The number of nitrogens with one attached hydrogen (secondary N) is 1. The van der Waals surface area contributed by atoms with E-state index in [0.29, 0.717) is 18.5 Å². The minimum absolute atomic E-state index is 0.168. The first-order chi connectivity index (χ1) is 9.52. The van der Waals surface area contributed by atoms with Gasteiger partial charge in [-0.25, -0.2) is 9.18 Å². The Bertz CT molecular complexity index is 540. The second kappa shape index (κ2) is 5.58. The van der Waals surface area contributed by atoms with Gasteiger partial charge in [-0.3, -0.25) is 4.79 Å². The lowest BCUT2D eigenvalue weighted by Crippen LogP contribution is -2.52. The molecule has 5 nitrogen and oxygen atoms in total. The van der Waals surface area contributed by atoms with E-state index in [1.54, 1.807) is 0 Å². The number of esters is 1. The molecule has 0 radical (unpaired) electrons. The Morgan fingerprint density at radius 2 is 2.15 bits per heavy atom. The van der Waals surface area contributed by atoms with Crippen molar-refractivity contribution in [1.82, 2.24) is 0 Å². The van der Waals surface area contributed by atoms with Crippen molar-refractivity contribution in [2.75, 3.05) is 19.0 Å². The van der Waals surface area contributed by atoms with Crippen LogP contribution < -0.4 is 5.32 Å². The van der Waals surface area contributed by atoms with Crippen LogP contribution in [0.25, 0.3) is 0 Å². The lowest BCUT2D eigenvalue weighted by Gasteiger charge is -2.40. The summed E-state index contributed by atoms with van der Waals surface area (Å²) in [5.41, 5.74) is -0.565. The first-order valence-electron chi connectivity index (χ1n) is 6.32. The fourth-order valence-electron chi connectivity index (χ4n) is 2.29. The standard InChI is InChI=1S/C14H16FNO4/c1-20-13(19)14(5-2-6-14)16-9-3-4-10(11(15)7-9)12(18)8-17/h3-4,7,16-17H,2,5-6,8H2,1H3. The van der Waals surface area contributed by atoms with Gasteiger partial charge in [-0.05, 0) is 37.5 Å². The molecule has 0 heterocycles. The molecule has 1 fully saturated rings. The third-order valence-corrected chi connectivity index (χ3v) is 3.58. The molecular weight excluding hydrogens is 265 g/mol. The van der Waals surface area contributed by atoms with Crippen molar-refractivity contribution in [2.24, 2.45) is 0 Å². The van der Waals surface area contributed by atoms with E-state index in [4.69, 9.17) is 9.84 Å². The molecular formula is C14H16FNO4. The van der Waals surface area contributed by atoms with Gasteiger partial charge in [-0.1, -0.05) is 0 Å². The second-order valence-corrected chi connectivity index (χ2v) is 4.83. The third kappa shape index (κ3) is 2.51.